The maximum absolute atomic E-state index is 13.2. The van der Waals surface area contributed by atoms with Crippen molar-refractivity contribution in [1.29, 1.82) is 0 Å². The Hall–Kier alpha value is -5.13. The Morgan fingerprint density at radius 2 is 1.29 bits per heavy atom. The van der Waals surface area contributed by atoms with Crippen molar-refractivity contribution in [1.82, 2.24) is 9.55 Å². The Kier molecular flexibility index (Phi) is 10.8. The van der Waals surface area contributed by atoms with Crippen LogP contribution in [0.3, 0.4) is 0 Å². The van der Waals surface area contributed by atoms with Crippen molar-refractivity contribution < 1.29 is 38.1 Å². The highest BCUT2D eigenvalue weighted by molar-refractivity contribution is 5.91. The maximum Gasteiger partial charge on any atom is 0.338 e. The zero-order valence-corrected chi connectivity index (χ0v) is 24.3. The second-order valence-electron chi connectivity index (χ2n) is 10.2. The quantitative estimate of drug-likeness (QED) is 0.124. The van der Waals surface area contributed by atoms with Gasteiger partial charge in [-0.15, -0.1) is 0 Å². The summed E-state index contributed by atoms with van der Waals surface area (Å²) in [5.74, 6) is -1.94. The molecule has 0 radical (unpaired) electrons. The normalized spacial score (nSPS) is 19.0. The average molecular weight is 613 g/mol. The fourth-order valence-electron chi connectivity index (χ4n) is 4.72. The van der Waals surface area contributed by atoms with Crippen LogP contribution in [0.15, 0.2) is 114 Å². The van der Waals surface area contributed by atoms with Gasteiger partial charge in [-0.2, -0.15) is 0 Å². The fraction of sp³-hybridized carbons (Fsp3) is 0.265. The van der Waals surface area contributed by atoms with Gasteiger partial charge in [-0.1, -0.05) is 54.6 Å². The van der Waals surface area contributed by atoms with Gasteiger partial charge < -0.3 is 28.3 Å². The van der Waals surface area contributed by atoms with E-state index in [1.807, 2.05) is 0 Å². The third-order valence-electron chi connectivity index (χ3n) is 7.04. The van der Waals surface area contributed by atoms with Gasteiger partial charge in [-0.05, 0) is 49.2 Å². The summed E-state index contributed by atoms with van der Waals surface area (Å²) in [6.45, 7) is 0.336. The van der Waals surface area contributed by atoms with Crippen LogP contribution in [0, 0.1) is 0 Å². The molecule has 1 saturated heterocycles. The minimum absolute atomic E-state index is 0.180. The molecular formula is C34H32N2O9. The predicted octanol–water partition coefficient (Wildman–Crippen LogP) is 4.07. The first-order valence-corrected chi connectivity index (χ1v) is 14.5. The zero-order valence-electron chi connectivity index (χ0n) is 24.3. The van der Waals surface area contributed by atoms with Crippen molar-refractivity contribution in [3.8, 4) is 0 Å². The number of rotatable bonds is 13. The lowest BCUT2D eigenvalue weighted by atomic mass is 10.1. The Balaban J connectivity index is 1.33. The van der Waals surface area contributed by atoms with Crippen molar-refractivity contribution >= 4 is 17.9 Å². The SMILES string of the molecule is O=C(OC[C@H]1O[C@@H](OCCCCn2ccncc2=O)[C@H](OC(=O)c2ccccc2)[C@@H]1OC(=O)c1ccccc1)c1ccccc1. The van der Waals surface area contributed by atoms with Crippen molar-refractivity contribution in [2.24, 2.45) is 0 Å². The lowest BCUT2D eigenvalue weighted by molar-refractivity contribution is -0.171. The van der Waals surface area contributed by atoms with Crippen LogP contribution in [-0.4, -0.2) is 65.3 Å². The van der Waals surface area contributed by atoms with Crippen molar-refractivity contribution in [3.63, 3.8) is 0 Å². The lowest BCUT2D eigenvalue weighted by Gasteiger charge is -2.24. The molecule has 4 atom stereocenters. The monoisotopic (exact) mass is 612 g/mol. The standard InChI is InChI=1S/C34H32N2O9/c37-28-22-35-18-20-36(28)19-10-11-21-41-34-30(45-33(40)26-16-8-3-9-17-26)29(44-32(39)25-14-6-2-7-15-25)27(43-34)23-42-31(38)24-12-4-1-5-13-24/h1-9,12-18,20,22,27,29-30,34H,10-11,19,21,23H2/t27-,29-,30-,34-/m1/s1. The number of hydrogen-bond acceptors (Lipinski definition) is 10. The van der Waals surface area contributed by atoms with E-state index in [1.165, 1.54) is 12.4 Å². The third kappa shape index (κ3) is 8.49. The van der Waals surface area contributed by atoms with Crippen LogP contribution >= 0.6 is 0 Å². The molecule has 11 nitrogen and oxygen atoms in total. The molecule has 2 heterocycles. The van der Waals surface area contributed by atoms with E-state index in [2.05, 4.69) is 4.98 Å². The number of aryl methyl sites for hydroxylation is 1. The number of ether oxygens (including phenoxy) is 5. The van der Waals surface area contributed by atoms with Crippen LogP contribution < -0.4 is 5.56 Å². The van der Waals surface area contributed by atoms with Crippen LogP contribution in [0.5, 0.6) is 0 Å². The number of aromatic nitrogens is 2. The Morgan fingerprint density at radius 1 is 0.733 bits per heavy atom. The van der Waals surface area contributed by atoms with Crippen molar-refractivity contribution in [3.05, 3.63) is 137 Å². The second-order valence-corrected chi connectivity index (χ2v) is 10.2. The van der Waals surface area contributed by atoms with Crippen LogP contribution in [-0.2, 0) is 30.2 Å². The summed E-state index contributed by atoms with van der Waals surface area (Å²) in [6.07, 6.45) is 1.02. The largest absolute Gasteiger partial charge is 0.459 e. The molecule has 11 heteroatoms. The lowest BCUT2D eigenvalue weighted by Crippen LogP contribution is -2.42. The van der Waals surface area contributed by atoms with E-state index in [4.69, 9.17) is 23.7 Å². The number of carbonyl (C=O) groups is 3. The zero-order chi connectivity index (χ0) is 31.4. The third-order valence-corrected chi connectivity index (χ3v) is 7.04. The molecule has 1 fully saturated rings. The molecule has 5 rings (SSSR count). The molecule has 3 aromatic carbocycles. The first-order valence-electron chi connectivity index (χ1n) is 14.5. The number of hydrogen-bond donors (Lipinski definition) is 0. The van der Waals surface area contributed by atoms with Gasteiger partial charge in [0.05, 0.1) is 22.9 Å². The molecular weight excluding hydrogens is 580 g/mol. The number of benzene rings is 3. The molecule has 1 aromatic heterocycles. The van der Waals surface area contributed by atoms with Gasteiger partial charge in [-0.3, -0.25) is 9.78 Å². The topological polar surface area (TPSA) is 132 Å². The van der Waals surface area contributed by atoms with Gasteiger partial charge in [0.2, 0.25) is 0 Å². The highest BCUT2D eigenvalue weighted by atomic mass is 16.7. The first-order chi connectivity index (χ1) is 22.0. The van der Waals surface area contributed by atoms with Gasteiger partial charge in [0.25, 0.3) is 5.56 Å². The summed E-state index contributed by atoms with van der Waals surface area (Å²) >= 11 is 0. The minimum Gasteiger partial charge on any atom is -0.459 e. The van der Waals surface area contributed by atoms with E-state index in [0.717, 1.165) is 0 Å². The molecule has 0 saturated carbocycles. The van der Waals surface area contributed by atoms with Crippen molar-refractivity contribution in [2.75, 3.05) is 13.2 Å². The molecule has 1 aliphatic rings. The van der Waals surface area contributed by atoms with Crippen LogP contribution in [0.2, 0.25) is 0 Å². The molecule has 0 bridgehead atoms. The van der Waals surface area contributed by atoms with E-state index in [9.17, 15) is 19.2 Å². The van der Waals surface area contributed by atoms with E-state index < -0.39 is 42.5 Å². The molecule has 0 amide bonds. The van der Waals surface area contributed by atoms with Gasteiger partial charge in [0.15, 0.2) is 18.5 Å². The van der Waals surface area contributed by atoms with Crippen LogP contribution in [0.25, 0.3) is 0 Å². The van der Waals surface area contributed by atoms with Gasteiger partial charge in [0.1, 0.15) is 12.7 Å². The molecule has 0 spiro atoms. The Bertz CT molecular complexity index is 1610. The number of nitrogens with zero attached hydrogens (tertiary/aromatic N) is 2. The van der Waals surface area contributed by atoms with Gasteiger partial charge in [-0.25, -0.2) is 14.4 Å². The predicted molar refractivity (Wildman–Crippen MR) is 160 cm³/mol. The minimum atomic E-state index is -1.19. The summed E-state index contributed by atoms with van der Waals surface area (Å²) in [6, 6.07) is 25.1. The van der Waals surface area contributed by atoms with Crippen molar-refractivity contribution in [2.45, 2.75) is 44.0 Å². The van der Waals surface area contributed by atoms with E-state index in [1.54, 1.807) is 102 Å². The van der Waals surface area contributed by atoms with E-state index >= 15 is 0 Å². The van der Waals surface area contributed by atoms with Crippen LogP contribution in [0.1, 0.15) is 43.9 Å². The Labute approximate surface area is 259 Å². The highest BCUT2D eigenvalue weighted by Gasteiger charge is 2.51. The maximum atomic E-state index is 13.2. The summed E-state index contributed by atoms with van der Waals surface area (Å²) in [4.78, 5) is 54.8. The molecule has 45 heavy (non-hydrogen) atoms. The number of carbonyl (C=O) groups excluding carboxylic acids is 3. The molecule has 0 aliphatic carbocycles. The molecule has 4 aromatic rings. The summed E-state index contributed by atoms with van der Waals surface area (Å²) in [5.41, 5.74) is 0.690. The number of esters is 3. The molecule has 1 aliphatic heterocycles. The first kappa shape index (κ1) is 31.3. The summed E-state index contributed by atoms with van der Waals surface area (Å²) in [7, 11) is 0. The molecule has 0 unspecified atom stereocenters. The molecule has 232 valence electrons. The average Bonchev–Trinajstić information content (AvgIpc) is 3.40. The molecule has 0 N–H and O–H groups in total. The van der Waals surface area contributed by atoms with E-state index in [0.29, 0.717) is 24.9 Å². The summed E-state index contributed by atoms with van der Waals surface area (Å²) < 4.78 is 30.9. The van der Waals surface area contributed by atoms with Gasteiger partial charge in [0, 0.05) is 25.5 Å². The number of unbranched alkanes of at least 4 members (excludes halogenated alkanes) is 1. The van der Waals surface area contributed by atoms with Gasteiger partial charge >= 0.3 is 17.9 Å². The fourth-order valence-corrected chi connectivity index (χ4v) is 4.72. The second kappa shape index (κ2) is 15.6. The smallest absolute Gasteiger partial charge is 0.338 e. The summed E-state index contributed by atoms with van der Waals surface area (Å²) in [5, 5.41) is 0. The van der Waals surface area contributed by atoms with E-state index in [-0.39, 0.29) is 29.9 Å². The Morgan fingerprint density at radius 3 is 1.87 bits per heavy atom. The van der Waals surface area contributed by atoms with Crippen LogP contribution in [0.4, 0.5) is 0 Å². The highest BCUT2D eigenvalue weighted by Crippen LogP contribution is 2.30.